The number of hydrogen-bond acceptors (Lipinski definition) is 8. The van der Waals surface area contributed by atoms with Crippen LogP contribution >= 0.6 is 0 Å². The van der Waals surface area contributed by atoms with Crippen LogP contribution in [0.5, 0.6) is 0 Å². The van der Waals surface area contributed by atoms with Gasteiger partial charge in [0.1, 0.15) is 22.6 Å². The SMILES string of the molecule is O=c1cc(-n2cc(-c3cccc(-c4cn(-c5cc(=O)oc6ccccc56)nn4)c3)nn2)c2ccccc2o1. The molecule has 3 aromatic carbocycles. The molecule has 7 aromatic rings. The highest BCUT2D eigenvalue weighted by molar-refractivity contribution is 5.86. The van der Waals surface area contributed by atoms with Crippen LogP contribution in [0.15, 0.2) is 116 Å². The molecule has 38 heavy (non-hydrogen) atoms. The van der Waals surface area contributed by atoms with Gasteiger partial charge in [-0.3, -0.25) is 0 Å². The second-order valence-corrected chi connectivity index (χ2v) is 8.57. The summed E-state index contributed by atoms with van der Waals surface area (Å²) < 4.78 is 13.7. The molecule has 0 saturated carbocycles. The molecular formula is C28H16N6O4. The van der Waals surface area contributed by atoms with Crippen molar-refractivity contribution in [1.29, 1.82) is 0 Å². The van der Waals surface area contributed by atoms with E-state index in [4.69, 9.17) is 8.83 Å². The van der Waals surface area contributed by atoms with Crippen LogP contribution in [0.25, 0.3) is 55.8 Å². The monoisotopic (exact) mass is 500 g/mol. The highest BCUT2D eigenvalue weighted by Gasteiger charge is 2.14. The van der Waals surface area contributed by atoms with Gasteiger partial charge in [0.05, 0.1) is 35.9 Å². The molecule has 0 saturated heterocycles. The van der Waals surface area contributed by atoms with E-state index in [1.807, 2.05) is 48.5 Å². The molecule has 0 amide bonds. The van der Waals surface area contributed by atoms with Gasteiger partial charge in [0, 0.05) is 21.9 Å². The molecule has 0 bridgehead atoms. The quantitative estimate of drug-likeness (QED) is 0.326. The molecule has 4 heterocycles. The Morgan fingerprint density at radius 2 is 1.03 bits per heavy atom. The van der Waals surface area contributed by atoms with E-state index in [2.05, 4.69) is 20.6 Å². The largest absolute Gasteiger partial charge is 0.423 e. The third-order valence-electron chi connectivity index (χ3n) is 6.19. The average Bonchev–Trinajstić information content (AvgIpc) is 3.63. The van der Waals surface area contributed by atoms with Gasteiger partial charge >= 0.3 is 11.3 Å². The second-order valence-electron chi connectivity index (χ2n) is 8.57. The van der Waals surface area contributed by atoms with Crippen molar-refractivity contribution in [2.24, 2.45) is 0 Å². The molecule has 0 aliphatic carbocycles. The molecule has 10 nitrogen and oxygen atoms in total. The lowest BCUT2D eigenvalue weighted by atomic mass is 10.1. The average molecular weight is 500 g/mol. The molecule has 0 aliphatic heterocycles. The number of hydrogen-bond donors (Lipinski definition) is 0. The highest BCUT2D eigenvalue weighted by atomic mass is 16.4. The summed E-state index contributed by atoms with van der Waals surface area (Å²) >= 11 is 0. The molecule has 0 fully saturated rings. The lowest BCUT2D eigenvalue weighted by molar-refractivity contribution is 0.558. The number of para-hydroxylation sites is 2. The maximum absolute atomic E-state index is 12.1. The van der Waals surface area contributed by atoms with Crippen molar-refractivity contribution in [1.82, 2.24) is 30.0 Å². The fourth-order valence-corrected chi connectivity index (χ4v) is 4.43. The predicted octanol–water partition coefficient (Wildman–Crippen LogP) is 4.39. The summed E-state index contributed by atoms with van der Waals surface area (Å²) in [5, 5.41) is 18.6. The Balaban J connectivity index is 1.26. The van der Waals surface area contributed by atoms with Crippen LogP contribution in [0, 0.1) is 0 Å². The number of benzene rings is 3. The molecule has 0 aliphatic rings. The van der Waals surface area contributed by atoms with Crippen LogP contribution in [0.2, 0.25) is 0 Å². The van der Waals surface area contributed by atoms with E-state index >= 15 is 0 Å². The van der Waals surface area contributed by atoms with Crippen molar-refractivity contribution in [2.75, 3.05) is 0 Å². The third kappa shape index (κ3) is 3.68. The van der Waals surface area contributed by atoms with E-state index in [9.17, 15) is 9.59 Å². The molecule has 182 valence electrons. The van der Waals surface area contributed by atoms with Crippen LogP contribution < -0.4 is 11.3 Å². The first-order chi connectivity index (χ1) is 18.6. The Bertz CT molecular complexity index is 1960. The highest BCUT2D eigenvalue weighted by Crippen LogP contribution is 2.27. The molecule has 0 atom stereocenters. The van der Waals surface area contributed by atoms with Crippen molar-refractivity contribution in [3.63, 3.8) is 0 Å². The van der Waals surface area contributed by atoms with E-state index in [1.165, 1.54) is 12.1 Å². The maximum atomic E-state index is 12.1. The lowest BCUT2D eigenvalue weighted by Crippen LogP contribution is -2.04. The normalized spacial score (nSPS) is 11.4. The summed E-state index contributed by atoms with van der Waals surface area (Å²) in [7, 11) is 0. The topological polar surface area (TPSA) is 122 Å². The molecule has 10 heteroatoms. The predicted molar refractivity (Wildman–Crippen MR) is 139 cm³/mol. The van der Waals surface area contributed by atoms with Crippen LogP contribution in [-0.4, -0.2) is 30.0 Å². The molecule has 7 rings (SSSR count). The van der Waals surface area contributed by atoms with E-state index in [1.54, 1.807) is 46.0 Å². The van der Waals surface area contributed by atoms with Crippen molar-refractivity contribution < 1.29 is 8.83 Å². The molecule has 0 N–H and O–H groups in total. The standard InChI is InChI=1S/C28H16N6O4/c35-27-13-23(19-8-1-3-10-25(19)37-27)33-15-21(29-31-33)17-6-5-7-18(12-17)22-16-34(32-30-22)24-14-28(36)38-26-11-4-2-9-20(24)26/h1-16H. The van der Waals surface area contributed by atoms with Gasteiger partial charge in [0.2, 0.25) is 0 Å². The minimum absolute atomic E-state index is 0.468. The van der Waals surface area contributed by atoms with E-state index in [0.29, 0.717) is 33.9 Å². The number of fused-ring (bicyclic) bond motifs is 2. The molecule has 0 unspecified atom stereocenters. The lowest BCUT2D eigenvalue weighted by Gasteiger charge is -2.04. The Kier molecular flexibility index (Phi) is 4.83. The van der Waals surface area contributed by atoms with Gasteiger partial charge in [-0.25, -0.2) is 19.0 Å². The van der Waals surface area contributed by atoms with Crippen molar-refractivity contribution in [3.05, 3.63) is 118 Å². The van der Waals surface area contributed by atoms with Crippen LogP contribution in [0.1, 0.15) is 0 Å². The van der Waals surface area contributed by atoms with Crippen LogP contribution in [-0.2, 0) is 0 Å². The summed E-state index contributed by atoms with van der Waals surface area (Å²) in [5.41, 5.74) is 4.01. The van der Waals surface area contributed by atoms with Crippen molar-refractivity contribution >= 4 is 21.9 Å². The fourth-order valence-electron chi connectivity index (χ4n) is 4.43. The Morgan fingerprint density at radius 1 is 0.553 bits per heavy atom. The molecular weight excluding hydrogens is 484 g/mol. The zero-order valence-electron chi connectivity index (χ0n) is 19.6. The van der Waals surface area contributed by atoms with Crippen LogP contribution in [0.4, 0.5) is 0 Å². The van der Waals surface area contributed by atoms with Gasteiger partial charge in [-0.15, -0.1) is 10.2 Å². The number of nitrogens with zero attached hydrogens (tertiary/aromatic N) is 6. The van der Waals surface area contributed by atoms with Crippen molar-refractivity contribution in [3.8, 4) is 33.9 Å². The van der Waals surface area contributed by atoms with Gasteiger partial charge in [0.15, 0.2) is 0 Å². The van der Waals surface area contributed by atoms with Crippen molar-refractivity contribution in [2.45, 2.75) is 0 Å². The smallest absolute Gasteiger partial charge is 0.338 e. The van der Waals surface area contributed by atoms with Gasteiger partial charge in [-0.1, -0.05) is 52.9 Å². The zero-order chi connectivity index (χ0) is 25.6. The summed E-state index contributed by atoms with van der Waals surface area (Å²) in [6.45, 7) is 0. The second kappa shape index (κ2) is 8.49. The van der Waals surface area contributed by atoms with E-state index < -0.39 is 11.3 Å². The minimum Gasteiger partial charge on any atom is -0.423 e. The Morgan fingerprint density at radius 3 is 1.53 bits per heavy atom. The van der Waals surface area contributed by atoms with Crippen LogP contribution in [0.3, 0.4) is 0 Å². The Hall–Kier alpha value is -5.64. The minimum atomic E-state index is -0.468. The number of aromatic nitrogens is 6. The Labute approximate surface area is 213 Å². The first kappa shape index (κ1) is 21.6. The van der Waals surface area contributed by atoms with E-state index in [-0.39, 0.29) is 0 Å². The molecule has 0 radical (unpaired) electrons. The van der Waals surface area contributed by atoms with Gasteiger partial charge in [-0.05, 0) is 30.3 Å². The maximum Gasteiger partial charge on any atom is 0.338 e. The third-order valence-corrected chi connectivity index (χ3v) is 6.19. The molecule has 0 spiro atoms. The van der Waals surface area contributed by atoms with E-state index in [0.717, 1.165) is 21.9 Å². The van der Waals surface area contributed by atoms with Gasteiger partial charge < -0.3 is 8.83 Å². The summed E-state index contributed by atoms with van der Waals surface area (Å²) in [6.07, 6.45) is 3.51. The van der Waals surface area contributed by atoms with Gasteiger partial charge in [-0.2, -0.15) is 0 Å². The van der Waals surface area contributed by atoms with Gasteiger partial charge in [0.25, 0.3) is 0 Å². The summed E-state index contributed by atoms with van der Waals surface area (Å²) in [5.74, 6) is 0. The molecule has 4 aromatic heterocycles. The summed E-state index contributed by atoms with van der Waals surface area (Å²) in [6, 6.07) is 25.0. The fraction of sp³-hybridized carbons (Fsp3) is 0. The summed E-state index contributed by atoms with van der Waals surface area (Å²) in [4.78, 5) is 24.2. The first-order valence-corrected chi connectivity index (χ1v) is 11.6. The first-order valence-electron chi connectivity index (χ1n) is 11.6. The zero-order valence-corrected chi connectivity index (χ0v) is 19.6. The number of rotatable bonds is 4.